The molecule has 0 aromatic rings. The van der Waals surface area contributed by atoms with Gasteiger partial charge in [0, 0.05) is 41.5 Å². The van der Waals surface area contributed by atoms with Gasteiger partial charge in [0.05, 0.1) is 6.61 Å². The van der Waals surface area contributed by atoms with Crippen LogP contribution in [0.4, 0.5) is 0 Å². The molecule has 2 rings (SSSR count). The lowest BCUT2D eigenvalue weighted by molar-refractivity contribution is -0.329. The molecule has 0 aliphatic carbocycles. The summed E-state index contributed by atoms with van der Waals surface area (Å²) in [6.45, 7) is 5.17. The third kappa shape index (κ3) is 9.89. The van der Waals surface area contributed by atoms with Gasteiger partial charge in [-0.25, -0.2) is 0 Å². The van der Waals surface area contributed by atoms with Crippen molar-refractivity contribution in [2.75, 3.05) is 13.2 Å². The molecule has 232 valence electrons. The van der Waals surface area contributed by atoms with Crippen LogP contribution in [-0.4, -0.2) is 121 Å². The Hall–Kier alpha value is -3.38. The summed E-state index contributed by atoms with van der Waals surface area (Å²) in [6.07, 6.45) is -15.6. The maximum atomic E-state index is 11.9. The van der Waals surface area contributed by atoms with Crippen molar-refractivity contribution in [3.63, 3.8) is 0 Å². The van der Waals surface area contributed by atoms with Crippen molar-refractivity contribution in [3.05, 3.63) is 0 Å². The molecule has 2 fully saturated rings. The van der Waals surface area contributed by atoms with E-state index in [2.05, 4.69) is 0 Å². The smallest absolute Gasteiger partial charge is 0.303 e. The Morgan fingerprint density at radius 3 is 1.51 bits per heavy atom. The number of ether oxygens (including phenoxy) is 9. The van der Waals surface area contributed by atoms with Crippen LogP contribution in [0.1, 0.15) is 41.5 Å². The van der Waals surface area contributed by atoms with Crippen LogP contribution >= 0.6 is 0 Å². The standard InChI is InChI=1S/C24H34O17/c1-9(25)33-7-15-17(31)19(36-11(3)27)22(39-14(6)30)24(41-15)34-8-16-18(35-10(2)26)20(37-12(4)28)21(23(32)40-16)38-13(5)29/h15-24,31-32H,7-8H2,1-6H3/t15?,16?,17-,18+,19?,20?,21-,22?,23?,24-/m0/s1. The largest absolute Gasteiger partial charge is 0.463 e. The summed E-state index contributed by atoms with van der Waals surface area (Å²) in [5.41, 5.74) is 0. The van der Waals surface area contributed by atoms with E-state index < -0.39 is 110 Å². The van der Waals surface area contributed by atoms with Gasteiger partial charge < -0.3 is 52.8 Å². The molecule has 0 saturated carbocycles. The van der Waals surface area contributed by atoms with Crippen molar-refractivity contribution in [2.24, 2.45) is 0 Å². The SMILES string of the molecule is CC(=O)OCC1O[C@H](OCC2OC(O)[C@@H](OC(C)=O)C(OC(C)=O)[C@@H]2OC(C)=O)C(OC(C)=O)C(OC(C)=O)[C@H]1O. The zero-order valence-corrected chi connectivity index (χ0v) is 23.2. The summed E-state index contributed by atoms with van der Waals surface area (Å²) in [6, 6.07) is 0. The maximum absolute atomic E-state index is 11.9. The molecule has 41 heavy (non-hydrogen) atoms. The molecular formula is C24H34O17. The van der Waals surface area contributed by atoms with Crippen LogP contribution in [-0.2, 0) is 71.4 Å². The van der Waals surface area contributed by atoms with E-state index in [1.807, 2.05) is 0 Å². The van der Waals surface area contributed by atoms with Gasteiger partial charge in [-0.2, -0.15) is 0 Å². The first-order valence-corrected chi connectivity index (χ1v) is 12.4. The van der Waals surface area contributed by atoms with Crippen LogP contribution < -0.4 is 0 Å². The zero-order valence-electron chi connectivity index (χ0n) is 23.2. The molecule has 6 unspecified atom stereocenters. The molecule has 0 amide bonds. The lowest BCUT2D eigenvalue weighted by Crippen LogP contribution is -2.64. The maximum Gasteiger partial charge on any atom is 0.303 e. The normalized spacial score (nSPS) is 33.1. The van der Waals surface area contributed by atoms with E-state index in [-0.39, 0.29) is 0 Å². The highest BCUT2D eigenvalue weighted by Crippen LogP contribution is 2.31. The molecule has 2 saturated heterocycles. The highest BCUT2D eigenvalue weighted by molar-refractivity contribution is 5.69. The molecule has 2 aliphatic rings. The first-order valence-electron chi connectivity index (χ1n) is 12.4. The minimum Gasteiger partial charge on any atom is -0.463 e. The molecule has 0 bridgehead atoms. The van der Waals surface area contributed by atoms with E-state index in [1.54, 1.807) is 0 Å². The fraction of sp³-hybridized carbons (Fsp3) is 0.750. The van der Waals surface area contributed by atoms with Gasteiger partial charge in [-0.1, -0.05) is 0 Å². The molecule has 10 atom stereocenters. The summed E-state index contributed by atoms with van der Waals surface area (Å²) in [7, 11) is 0. The molecule has 0 spiro atoms. The minimum absolute atomic E-state index is 0.506. The number of hydrogen-bond donors (Lipinski definition) is 2. The van der Waals surface area contributed by atoms with Gasteiger partial charge in [-0.3, -0.25) is 28.8 Å². The van der Waals surface area contributed by atoms with Gasteiger partial charge in [0.25, 0.3) is 0 Å². The number of rotatable bonds is 10. The van der Waals surface area contributed by atoms with Gasteiger partial charge >= 0.3 is 35.8 Å². The summed E-state index contributed by atoms with van der Waals surface area (Å²) >= 11 is 0. The molecule has 2 heterocycles. The Labute approximate surface area is 234 Å². The molecule has 17 heteroatoms. The van der Waals surface area contributed by atoms with Crippen molar-refractivity contribution < 1.29 is 81.6 Å². The highest BCUT2D eigenvalue weighted by atomic mass is 16.7. The van der Waals surface area contributed by atoms with Crippen LogP contribution in [0.5, 0.6) is 0 Å². The van der Waals surface area contributed by atoms with E-state index in [0.29, 0.717) is 0 Å². The average Bonchev–Trinajstić information content (AvgIpc) is 2.83. The second kappa shape index (κ2) is 15.0. The third-order valence-electron chi connectivity index (χ3n) is 5.61. The summed E-state index contributed by atoms with van der Waals surface area (Å²) in [5, 5.41) is 21.3. The summed E-state index contributed by atoms with van der Waals surface area (Å²) in [4.78, 5) is 70.3. The lowest BCUT2D eigenvalue weighted by atomic mass is 9.97. The van der Waals surface area contributed by atoms with Crippen molar-refractivity contribution in [1.82, 2.24) is 0 Å². The fourth-order valence-corrected chi connectivity index (χ4v) is 4.20. The lowest BCUT2D eigenvalue weighted by Gasteiger charge is -2.45. The Morgan fingerprint density at radius 2 is 1.00 bits per heavy atom. The number of aliphatic hydroxyl groups excluding tert-OH is 2. The number of carbonyl (C=O) groups is 6. The Bertz CT molecular complexity index is 981. The second-order valence-corrected chi connectivity index (χ2v) is 9.10. The molecule has 0 aromatic heterocycles. The number of esters is 6. The summed E-state index contributed by atoms with van der Waals surface area (Å²) in [5.74, 6) is -5.01. The summed E-state index contributed by atoms with van der Waals surface area (Å²) < 4.78 is 47.7. The average molecular weight is 595 g/mol. The molecule has 0 radical (unpaired) electrons. The van der Waals surface area contributed by atoms with E-state index in [4.69, 9.17) is 42.6 Å². The van der Waals surface area contributed by atoms with Crippen LogP contribution in [0, 0.1) is 0 Å². The van der Waals surface area contributed by atoms with Gasteiger partial charge in [-0.05, 0) is 0 Å². The van der Waals surface area contributed by atoms with Gasteiger partial charge in [0.2, 0.25) is 0 Å². The number of aliphatic hydroxyl groups is 2. The van der Waals surface area contributed by atoms with Crippen molar-refractivity contribution in [3.8, 4) is 0 Å². The minimum atomic E-state index is -1.88. The van der Waals surface area contributed by atoms with Gasteiger partial charge in [0.15, 0.2) is 43.1 Å². The van der Waals surface area contributed by atoms with Crippen molar-refractivity contribution in [2.45, 2.75) is 103 Å². The van der Waals surface area contributed by atoms with Crippen molar-refractivity contribution >= 4 is 35.8 Å². The third-order valence-corrected chi connectivity index (χ3v) is 5.61. The quantitative estimate of drug-likeness (QED) is 0.206. The molecule has 17 nitrogen and oxygen atoms in total. The zero-order chi connectivity index (χ0) is 31.0. The van der Waals surface area contributed by atoms with Crippen molar-refractivity contribution in [1.29, 1.82) is 0 Å². The Balaban J connectivity index is 2.39. The van der Waals surface area contributed by atoms with E-state index in [1.165, 1.54) is 0 Å². The van der Waals surface area contributed by atoms with Crippen LogP contribution in [0.25, 0.3) is 0 Å². The first kappa shape index (κ1) is 33.8. The van der Waals surface area contributed by atoms with Crippen LogP contribution in [0.3, 0.4) is 0 Å². The van der Waals surface area contributed by atoms with Gasteiger partial charge in [-0.15, -0.1) is 0 Å². The number of carbonyl (C=O) groups excluding carboxylic acids is 6. The van der Waals surface area contributed by atoms with Crippen LogP contribution in [0.15, 0.2) is 0 Å². The van der Waals surface area contributed by atoms with Crippen LogP contribution in [0.2, 0.25) is 0 Å². The monoisotopic (exact) mass is 594 g/mol. The highest BCUT2D eigenvalue weighted by Gasteiger charge is 2.54. The molecular weight excluding hydrogens is 560 g/mol. The van der Waals surface area contributed by atoms with E-state index in [9.17, 15) is 39.0 Å². The number of hydrogen-bond acceptors (Lipinski definition) is 17. The molecule has 2 aliphatic heterocycles. The molecule has 0 aromatic carbocycles. The predicted octanol–water partition coefficient (Wildman–Crippen LogP) is -1.97. The Kier molecular flexibility index (Phi) is 12.4. The van der Waals surface area contributed by atoms with E-state index in [0.717, 1.165) is 41.5 Å². The Morgan fingerprint density at radius 1 is 0.537 bits per heavy atom. The topological polar surface area (TPSA) is 226 Å². The fourth-order valence-electron chi connectivity index (χ4n) is 4.20. The van der Waals surface area contributed by atoms with E-state index >= 15 is 0 Å². The first-order chi connectivity index (χ1) is 19.1. The second-order valence-electron chi connectivity index (χ2n) is 9.10. The van der Waals surface area contributed by atoms with Gasteiger partial charge in [0.1, 0.15) is 24.9 Å². The molecule has 2 N–H and O–H groups in total. The predicted molar refractivity (Wildman–Crippen MR) is 126 cm³/mol.